The molecule has 168 valence electrons. The van der Waals surface area contributed by atoms with Gasteiger partial charge in [-0.15, -0.1) is 0 Å². The minimum Gasteiger partial charge on any atom is -0.493 e. The molecular weight excluding hydrogens is 389 g/mol. The van der Waals surface area contributed by atoms with E-state index in [9.17, 15) is 4.39 Å². The maximum Gasteiger partial charge on any atom is 0.123 e. The summed E-state index contributed by atoms with van der Waals surface area (Å²) in [7, 11) is 2.17. The summed E-state index contributed by atoms with van der Waals surface area (Å²) in [6.45, 7) is 13.9. The zero-order valence-corrected chi connectivity index (χ0v) is 19.1. The van der Waals surface area contributed by atoms with E-state index in [4.69, 9.17) is 4.74 Å². The van der Waals surface area contributed by atoms with E-state index in [1.54, 1.807) is 0 Å². The van der Waals surface area contributed by atoms with Crippen LogP contribution in [0.15, 0.2) is 60.9 Å². The van der Waals surface area contributed by atoms with Crippen molar-refractivity contribution >= 4 is 0 Å². The van der Waals surface area contributed by atoms with Crippen molar-refractivity contribution in [3.63, 3.8) is 0 Å². The third kappa shape index (κ3) is 7.59. The highest BCUT2D eigenvalue weighted by molar-refractivity contribution is 5.27. The standard InChI is InChI=1S/C26H36FN3O/c1-20(2)19-31-26-11-7-22(8-12-26)15-28-21(3)30(18-24-13-14-29(4)16-24)17-23-5-9-25(27)10-6-23/h5-12,20,24,28H,3,13-19H2,1-2,4H3. The number of halogens is 1. The molecule has 2 aromatic rings. The van der Waals surface area contributed by atoms with Crippen LogP contribution in [0.4, 0.5) is 4.39 Å². The van der Waals surface area contributed by atoms with Crippen molar-refractivity contribution in [2.75, 3.05) is 33.3 Å². The van der Waals surface area contributed by atoms with Crippen LogP contribution in [-0.4, -0.2) is 43.1 Å². The van der Waals surface area contributed by atoms with Gasteiger partial charge in [-0.05, 0) is 67.2 Å². The maximum absolute atomic E-state index is 13.3. The van der Waals surface area contributed by atoms with Crippen molar-refractivity contribution in [3.05, 3.63) is 77.9 Å². The summed E-state index contributed by atoms with van der Waals surface area (Å²) >= 11 is 0. The summed E-state index contributed by atoms with van der Waals surface area (Å²) < 4.78 is 19.1. The first-order valence-corrected chi connectivity index (χ1v) is 11.2. The lowest BCUT2D eigenvalue weighted by Gasteiger charge is -2.30. The fourth-order valence-electron chi connectivity index (χ4n) is 3.85. The van der Waals surface area contributed by atoms with E-state index < -0.39 is 0 Å². The van der Waals surface area contributed by atoms with Gasteiger partial charge in [0.05, 0.1) is 12.4 Å². The molecule has 4 nitrogen and oxygen atoms in total. The lowest BCUT2D eigenvalue weighted by atomic mass is 10.1. The second kappa shape index (κ2) is 11.2. The first kappa shape index (κ1) is 23.1. The zero-order chi connectivity index (χ0) is 22.2. The average Bonchev–Trinajstić information content (AvgIpc) is 3.17. The molecule has 1 atom stereocenters. The molecule has 2 aromatic carbocycles. The van der Waals surface area contributed by atoms with Crippen LogP contribution in [0.3, 0.4) is 0 Å². The topological polar surface area (TPSA) is 27.7 Å². The molecule has 0 spiro atoms. The average molecular weight is 426 g/mol. The molecule has 0 bridgehead atoms. The molecule has 1 heterocycles. The van der Waals surface area contributed by atoms with Gasteiger partial charge in [0.25, 0.3) is 0 Å². The van der Waals surface area contributed by atoms with Gasteiger partial charge in [0, 0.05) is 26.2 Å². The molecule has 3 rings (SSSR count). The number of rotatable bonds is 11. The number of likely N-dealkylation sites (tertiary alicyclic amines) is 1. The highest BCUT2D eigenvalue weighted by Crippen LogP contribution is 2.20. The predicted octanol–water partition coefficient (Wildman–Crippen LogP) is 4.88. The van der Waals surface area contributed by atoms with Crippen LogP contribution in [0.2, 0.25) is 0 Å². The highest BCUT2D eigenvalue weighted by atomic mass is 19.1. The highest BCUT2D eigenvalue weighted by Gasteiger charge is 2.23. The summed E-state index contributed by atoms with van der Waals surface area (Å²) in [5, 5.41) is 3.49. The first-order chi connectivity index (χ1) is 14.9. The van der Waals surface area contributed by atoms with Gasteiger partial charge in [-0.25, -0.2) is 4.39 Å². The molecule has 0 aliphatic carbocycles. The van der Waals surface area contributed by atoms with Crippen LogP contribution >= 0.6 is 0 Å². The Labute approximate surface area is 186 Å². The second-order valence-electron chi connectivity index (χ2n) is 9.07. The van der Waals surface area contributed by atoms with E-state index in [0.29, 0.717) is 24.9 Å². The van der Waals surface area contributed by atoms with Crippen molar-refractivity contribution in [1.29, 1.82) is 0 Å². The quantitative estimate of drug-likeness (QED) is 0.556. The van der Waals surface area contributed by atoms with Gasteiger partial charge in [0.1, 0.15) is 11.6 Å². The Bertz CT molecular complexity index is 820. The Balaban J connectivity index is 1.58. The summed E-state index contributed by atoms with van der Waals surface area (Å²) in [5.74, 6) is 2.72. The molecule has 5 heteroatoms. The molecule has 0 saturated carbocycles. The van der Waals surface area contributed by atoms with Gasteiger partial charge in [-0.2, -0.15) is 0 Å². The third-order valence-corrected chi connectivity index (χ3v) is 5.64. The number of hydrogen-bond acceptors (Lipinski definition) is 4. The molecule has 31 heavy (non-hydrogen) atoms. The number of benzene rings is 2. The second-order valence-corrected chi connectivity index (χ2v) is 9.07. The summed E-state index contributed by atoms with van der Waals surface area (Å²) in [4.78, 5) is 4.66. The smallest absolute Gasteiger partial charge is 0.123 e. The Kier molecular flexibility index (Phi) is 8.35. The van der Waals surface area contributed by atoms with Crippen LogP contribution in [0.25, 0.3) is 0 Å². The number of nitrogens with zero attached hydrogens (tertiary/aromatic N) is 2. The van der Waals surface area contributed by atoms with Gasteiger partial charge >= 0.3 is 0 Å². The number of hydrogen-bond donors (Lipinski definition) is 1. The lowest BCUT2D eigenvalue weighted by molar-refractivity contribution is 0.259. The van der Waals surface area contributed by atoms with Crippen molar-refractivity contribution in [3.8, 4) is 5.75 Å². The molecule has 0 amide bonds. The fourth-order valence-corrected chi connectivity index (χ4v) is 3.85. The molecule has 1 aliphatic rings. The molecule has 1 saturated heterocycles. The maximum atomic E-state index is 13.3. The number of ether oxygens (including phenoxy) is 1. The number of nitrogens with one attached hydrogen (secondary N) is 1. The predicted molar refractivity (Wildman–Crippen MR) is 125 cm³/mol. The lowest BCUT2D eigenvalue weighted by Crippen LogP contribution is -2.35. The minimum absolute atomic E-state index is 0.203. The van der Waals surface area contributed by atoms with E-state index >= 15 is 0 Å². The Morgan fingerprint density at radius 1 is 1.16 bits per heavy atom. The zero-order valence-electron chi connectivity index (χ0n) is 19.1. The van der Waals surface area contributed by atoms with E-state index in [0.717, 1.165) is 43.4 Å². The van der Waals surface area contributed by atoms with Crippen LogP contribution in [0.1, 0.15) is 31.4 Å². The van der Waals surface area contributed by atoms with Gasteiger partial charge in [0.15, 0.2) is 0 Å². The van der Waals surface area contributed by atoms with Crippen LogP contribution in [-0.2, 0) is 13.1 Å². The summed E-state index contributed by atoms with van der Waals surface area (Å²) in [6.07, 6.45) is 1.20. The summed E-state index contributed by atoms with van der Waals surface area (Å²) in [6, 6.07) is 15.0. The molecule has 0 radical (unpaired) electrons. The third-order valence-electron chi connectivity index (χ3n) is 5.64. The van der Waals surface area contributed by atoms with Gasteiger partial charge in [-0.1, -0.05) is 44.7 Å². The monoisotopic (exact) mass is 425 g/mol. The fraction of sp³-hybridized carbons (Fsp3) is 0.462. The van der Waals surface area contributed by atoms with Crippen molar-refractivity contribution < 1.29 is 9.13 Å². The van der Waals surface area contributed by atoms with Gasteiger partial charge < -0.3 is 19.9 Å². The SMILES string of the molecule is C=C(NCc1ccc(OCC(C)C)cc1)N(Cc1ccc(F)cc1)CC1CCN(C)C1. The molecular formula is C26H36FN3O. The first-order valence-electron chi connectivity index (χ1n) is 11.2. The van der Waals surface area contributed by atoms with E-state index in [1.807, 2.05) is 24.3 Å². The Hall–Kier alpha value is -2.53. The normalized spacial score (nSPS) is 16.5. The van der Waals surface area contributed by atoms with Crippen LogP contribution < -0.4 is 10.1 Å². The van der Waals surface area contributed by atoms with Crippen LogP contribution in [0.5, 0.6) is 5.75 Å². The molecule has 1 N–H and O–H groups in total. The molecule has 1 fully saturated rings. The van der Waals surface area contributed by atoms with E-state index in [2.05, 4.69) is 54.7 Å². The largest absolute Gasteiger partial charge is 0.493 e. The molecule has 0 aromatic heterocycles. The minimum atomic E-state index is -0.203. The Morgan fingerprint density at radius 2 is 1.84 bits per heavy atom. The molecule has 1 aliphatic heterocycles. The van der Waals surface area contributed by atoms with Crippen LogP contribution in [0, 0.1) is 17.7 Å². The van der Waals surface area contributed by atoms with E-state index in [1.165, 1.54) is 24.1 Å². The molecule has 1 unspecified atom stereocenters. The van der Waals surface area contributed by atoms with Gasteiger partial charge in [-0.3, -0.25) is 0 Å². The van der Waals surface area contributed by atoms with Crippen molar-refractivity contribution in [2.24, 2.45) is 11.8 Å². The van der Waals surface area contributed by atoms with E-state index in [-0.39, 0.29) is 5.82 Å². The summed E-state index contributed by atoms with van der Waals surface area (Å²) in [5.41, 5.74) is 2.27. The van der Waals surface area contributed by atoms with Gasteiger partial charge in [0.2, 0.25) is 0 Å². The Morgan fingerprint density at radius 3 is 2.45 bits per heavy atom. The van der Waals surface area contributed by atoms with Crippen molar-refractivity contribution in [2.45, 2.75) is 33.4 Å². The van der Waals surface area contributed by atoms with Crippen molar-refractivity contribution in [1.82, 2.24) is 15.1 Å².